The van der Waals surface area contributed by atoms with Gasteiger partial charge in [0.25, 0.3) is 5.91 Å². The first-order valence-corrected chi connectivity index (χ1v) is 9.57. The summed E-state index contributed by atoms with van der Waals surface area (Å²) in [4.78, 5) is 17.0. The zero-order chi connectivity index (χ0) is 19.1. The number of ether oxygens (including phenoxy) is 2. The molecule has 144 valence electrons. The van der Waals surface area contributed by atoms with Gasteiger partial charge in [0.05, 0.1) is 12.7 Å². The zero-order valence-electron chi connectivity index (χ0n) is 16.2. The van der Waals surface area contributed by atoms with Crippen LogP contribution < -0.4 is 9.47 Å². The van der Waals surface area contributed by atoms with E-state index in [4.69, 9.17) is 9.47 Å². The first-order valence-electron chi connectivity index (χ1n) is 9.57. The molecule has 1 aliphatic heterocycles. The van der Waals surface area contributed by atoms with E-state index in [0.717, 1.165) is 44.9 Å². The van der Waals surface area contributed by atoms with Gasteiger partial charge in [-0.25, -0.2) is 0 Å². The highest BCUT2D eigenvalue weighted by Gasteiger charge is 2.23. The molecule has 0 N–H and O–H groups in total. The Balaban J connectivity index is 1.44. The van der Waals surface area contributed by atoms with Crippen molar-refractivity contribution in [3.05, 3.63) is 59.7 Å². The maximum absolute atomic E-state index is 12.7. The molecule has 5 nitrogen and oxygen atoms in total. The van der Waals surface area contributed by atoms with E-state index < -0.39 is 0 Å². The average Bonchev–Trinajstić information content (AvgIpc) is 2.74. The van der Waals surface area contributed by atoms with E-state index in [1.165, 1.54) is 5.56 Å². The minimum atomic E-state index is 0.0411. The minimum Gasteiger partial charge on any atom is -0.496 e. The molecule has 0 atom stereocenters. The second-order valence-electron chi connectivity index (χ2n) is 6.68. The number of benzene rings is 2. The van der Waals surface area contributed by atoms with Gasteiger partial charge >= 0.3 is 0 Å². The summed E-state index contributed by atoms with van der Waals surface area (Å²) in [5, 5.41) is 0. The fourth-order valence-electron chi connectivity index (χ4n) is 3.28. The van der Waals surface area contributed by atoms with Crippen LogP contribution in [0.2, 0.25) is 0 Å². The smallest absolute Gasteiger partial charge is 0.257 e. The second kappa shape index (κ2) is 9.42. The van der Waals surface area contributed by atoms with E-state index in [0.29, 0.717) is 17.9 Å². The third-order valence-electron chi connectivity index (χ3n) is 5.00. The number of amides is 1. The van der Waals surface area contributed by atoms with E-state index in [2.05, 4.69) is 24.0 Å². The summed E-state index contributed by atoms with van der Waals surface area (Å²) >= 11 is 0. The molecule has 0 aromatic heterocycles. The molecule has 0 radical (unpaired) electrons. The molecule has 27 heavy (non-hydrogen) atoms. The van der Waals surface area contributed by atoms with Crippen LogP contribution in [0.3, 0.4) is 0 Å². The summed E-state index contributed by atoms with van der Waals surface area (Å²) in [6.07, 6.45) is 1.04. The maximum Gasteiger partial charge on any atom is 0.257 e. The van der Waals surface area contributed by atoms with Gasteiger partial charge in [-0.2, -0.15) is 0 Å². The number of piperazine rings is 1. The third-order valence-corrected chi connectivity index (χ3v) is 5.00. The van der Waals surface area contributed by atoms with Crippen LogP contribution >= 0.6 is 0 Å². The largest absolute Gasteiger partial charge is 0.496 e. The molecule has 0 aliphatic carbocycles. The Kier molecular flexibility index (Phi) is 6.71. The van der Waals surface area contributed by atoms with E-state index in [1.54, 1.807) is 7.11 Å². The van der Waals surface area contributed by atoms with E-state index in [-0.39, 0.29) is 5.91 Å². The van der Waals surface area contributed by atoms with Crippen LogP contribution in [-0.4, -0.2) is 62.1 Å². The molecule has 0 bridgehead atoms. The molecule has 2 aromatic rings. The standard InChI is InChI=1S/C22H28N2O3/c1-3-18-8-10-19(11-9-18)27-17-16-23-12-14-24(15-13-23)22(25)20-6-4-5-7-21(20)26-2/h4-11H,3,12-17H2,1-2H3. The Morgan fingerprint density at radius 2 is 1.70 bits per heavy atom. The van der Waals surface area contributed by atoms with Crippen LogP contribution in [0.4, 0.5) is 0 Å². The molecule has 0 unspecified atom stereocenters. The first-order chi connectivity index (χ1) is 13.2. The number of hydrogen-bond acceptors (Lipinski definition) is 4. The van der Waals surface area contributed by atoms with Gasteiger partial charge in [-0.05, 0) is 36.2 Å². The molecular formula is C22H28N2O3. The third kappa shape index (κ3) is 5.01. The Hall–Kier alpha value is -2.53. The molecule has 1 saturated heterocycles. The summed E-state index contributed by atoms with van der Waals surface area (Å²) < 4.78 is 11.2. The molecular weight excluding hydrogens is 340 g/mol. The highest BCUT2D eigenvalue weighted by atomic mass is 16.5. The summed E-state index contributed by atoms with van der Waals surface area (Å²) in [7, 11) is 1.60. The van der Waals surface area contributed by atoms with Gasteiger partial charge in [-0.1, -0.05) is 31.2 Å². The molecule has 1 fully saturated rings. The van der Waals surface area contributed by atoms with Crippen LogP contribution in [0.15, 0.2) is 48.5 Å². The van der Waals surface area contributed by atoms with Crippen molar-refractivity contribution in [3.63, 3.8) is 0 Å². The highest BCUT2D eigenvalue weighted by molar-refractivity contribution is 5.97. The van der Waals surface area contributed by atoms with E-state index >= 15 is 0 Å². The number of rotatable bonds is 7. The van der Waals surface area contributed by atoms with Crippen LogP contribution in [0, 0.1) is 0 Å². The summed E-state index contributed by atoms with van der Waals surface area (Å²) in [5.74, 6) is 1.59. The van der Waals surface area contributed by atoms with Crippen LogP contribution in [0.1, 0.15) is 22.8 Å². The normalized spacial score (nSPS) is 14.8. The monoisotopic (exact) mass is 368 g/mol. The lowest BCUT2D eigenvalue weighted by Gasteiger charge is -2.34. The Morgan fingerprint density at radius 3 is 2.37 bits per heavy atom. The van der Waals surface area contributed by atoms with Crippen molar-refractivity contribution in [1.82, 2.24) is 9.80 Å². The number of nitrogens with zero attached hydrogens (tertiary/aromatic N) is 2. The van der Waals surface area contributed by atoms with Crippen molar-refractivity contribution in [3.8, 4) is 11.5 Å². The summed E-state index contributed by atoms with van der Waals surface area (Å²) in [5.41, 5.74) is 1.95. The molecule has 0 spiro atoms. The number of carbonyl (C=O) groups excluding carboxylic acids is 1. The van der Waals surface area contributed by atoms with Crippen molar-refractivity contribution in [2.75, 3.05) is 46.4 Å². The topological polar surface area (TPSA) is 42.0 Å². The van der Waals surface area contributed by atoms with E-state index in [1.807, 2.05) is 41.3 Å². The van der Waals surface area contributed by atoms with Gasteiger partial charge in [-0.3, -0.25) is 9.69 Å². The van der Waals surface area contributed by atoms with Crippen molar-refractivity contribution in [1.29, 1.82) is 0 Å². The lowest BCUT2D eigenvalue weighted by molar-refractivity contribution is 0.0617. The Labute approximate surface area is 161 Å². The van der Waals surface area contributed by atoms with Gasteiger partial charge in [0.1, 0.15) is 18.1 Å². The molecule has 1 amide bonds. The van der Waals surface area contributed by atoms with Crippen molar-refractivity contribution >= 4 is 5.91 Å². The average molecular weight is 368 g/mol. The SMILES string of the molecule is CCc1ccc(OCCN2CCN(C(=O)c3ccccc3OC)CC2)cc1. The first kappa shape index (κ1) is 19.2. The van der Waals surface area contributed by atoms with Crippen LogP contribution in [0.25, 0.3) is 0 Å². The fraction of sp³-hybridized carbons (Fsp3) is 0.409. The summed E-state index contributed by atoms with van der Waals surface area (Å²) in [6.45, 7) is 6.84. The minimum absolute atomic E-state index is 0.0411. The van der Waals surface area contributed by atoms with Crippen molar-refractivity contribution < 1.29 is 14.3 Å². The lowest BCUT2D eigenvalue weighted by atomic mass is 10.1. The molecule has 0 saturated carbocycles. The summed E-state index contributed by atoms with van der Waals surface area (Å²) in [6, 6.07) is 15.7. The highest BCUT2D eigenvalue weighted by Crippen LogP contribution is 2.20. The van der Waals surface area contributed by atoms with Crippen LogP contribution in [0.5, 0.6) is 11.5 Å². The zero-order valence-corrected chi connectivity index (χ0v) is 16.2. The molecule has 3 rings (SSSR count). The molecule has 5 heteroatoms. The molecule has 2 aromatic carbocycles. The fourth-order valence-corrected chi connectivity index (χ4v) is 3.28. The number of para-hydroxylation sites is 1. The van der Waals surface area contributed by atoms with Gasteiger partial charge in [0.2, 0.25) is 0 Å². The maximum atomic E-state index is 12.7. The Morgan fingerprint density at radius 1 is 1.00 bits per heavy atom. The second-order valence-corrected chi connectivity index (χ2v) is 6.68. The van der Waals surface area contributed by atoms with Gasteiger partial charge in [-0.15, -0.1) is 0 Å². The number of hydrogen-bond donors (Lipinski definition) is 0. The van der Waals surface area contributed by atoms with Crippen molar-refractivity contribution in [2.45, 2.75) is 13.3 Å². The predicted octanol–water partition coefficient (Wildman–Crippen LogP) is 3.09. The van der Waals surface area contributed by atoms with Gasteiger partial charge in [0, 0.05) is 32.7 Å². The predicted molar refractivity (Wildman–Crippen MR) is 107 cm³/mol. The lowest BCUT2D eigenvalue weighted by Crippen LogP contribution is -2.49. The van der Waals surface area contributed by atoms with E-state index in [9.17, 15) is 4.79 Å². The number of methoxy groups -OCH3 is 1. The number of carbonyl (C=O) groups is 1. The van der Waals surface area contributed by atoms with Crippen LogP contribution in [-0.2, 0) is 6.42 Å². The van der Waals surface area contributed by atoms with Crippen molar-refractivity contribution in [2.24, 2.45) is 0 Å². The molecule has 1 aliphatic rings. The number of aryl methyl sites for hydroxylation is 1. The molecule has 1 heterocycles. The van der Waals surface area contributed by atoms with Gasteiger partial charge < -0.3 is 14.4 Å². The Bertz CT molecular complexity index is 737. The van der Waals surface area contributed by atoms with Gasteiger partial charge in [0.15, 0.2) is 0 Å². The quantitative estimate of drug-likeness (QED) is 0.753.